The molecule has 0 aliphatic heterocycles. The molecule has 0 saturated heterocycles. The molecular weight excluding hydrogens is 284 g/mol. The largest absolute Gasteiger partial charge is 0.417 e. The summed E-state index contributed by atoms with van der Waals surface area (Å²) >= 11 is 11.9. The zero-order chi connectivity index (χ0) is 13.3. The average Bonchev–Trinajstić information content (AvgIpc) is 2.28. The fourth-order valence-electron chi connectivity index (χ4n) is 1.70. The van der Waals surface area contributed by atoms with E-state index >= 15 is 0 Å². The molecule has 2 aromatic rings. The van der Waals surface area contributed by atoms with Crippen LogP contribution in [0.5, 0.6) is 0 Å². The SMILES string of the molecule is FC(F)(F)c1ccccc1-c1c(Cl)cccc1Cl. The predicted octanol–water partition coefficient (Wildman–Crippen LogP) is 5.68. The monoisotopic (exact) mass is 290 g/mol. The lowest BCUT2D eigenvalue weighted by atomic mass is 9.99. The van der Waals surface area contributed by atoms with Gasteiger partial charge in [0.25, 0.3) is 0 Å². The van der Waals surface area contributed by atoms with Gasteiger partial charge >= 0.3 is 6.18 Å². The molecular formula is C13H7Cl2F3. The maximum atomic E-state index is 12.9. The molecule has 0 atom stereocenters. The molecule has 0 N–H and O–H groups in total. The van der Waals surface area contributed by atoms with Gasteiger partial charge in [0, 0.05) is 15.6 Å². The summed E-state index contributed by atoms with van der Waals surface area (Å²) in [5.74, 6) is 0. The van der Waals surface area contributed by atoms with E-state index in [0.717, 1.165) is 6.07 Å². The highest BCUT2D eigenvalue weighted by atomic mass is 35.5. The second-order valence-electron chi connectivity index (χ2n) is 3.64. The molecule has 0 spiro atoms. The van der Waals surface area contributed by atoms with E-state index in [1.165, 1.54) is 30.3 Å². The summed E-state index contributed by atoms with van der Waals surface area (Å²) < 4.78 is 38.7. The van der Waals surface area contributed by atoms with Crippen molar-refractivity contribution in [2.24, 2.45) is 0 Å². The normalized spacial score (nSPS) is 11.6. The Morgan fingerprint density at radius 1 is 0.778 bits per heavy atom. The zero-order valence-electron chi connectivity index (χ0n) is 8.93. The molecule has 0 fully saturated rings. The molecule has 0 heterocycles. The summed E-state index contributed by atoms with van der Waals surface area (Å²) in [5, 5.41) is 0.387. The van der Waals surface area contributed by atoms with E-state index in [9.17, 15) is 13.2 Å². The molecule has 0 amide bonds. The highest BCUT2D eigenvalue weighted by Crippen LogP contribution is 2.42. The number of benzene rings is 2. The molecule has 0 aromatic heterocycles. The van der Waals surface area contributed by atoms with Gasteiger partial charge in [-0.1, -0.05) is 47.5 Å². The minimum atomic E-state index is -4.45. The first-order valence-electron chi connectivity index (χ1n) is 5.02. The summed E-state index contributed by atoms with van der Waals surface area (Å²) in [5.41, 5.74) is -0.561. The highest BCUT2D eigenvalue weighted by Gasteiger charge is 2.34. The maximum Gasteiger partial charge on any atom is 0.417 e. The number of hydrogen-bond acceptors (Lipinski definition) is 0. The van der Waals surface area contributed by atoms with Crippen LogP contribution in [-0.2, 0) is 6.18 Å². The first-order chi connectivity index (χ1) is 8.41. The van der Waals surface area contributed by atoms with Crippen LogP contribution in [0.4, 0.5) is 13.2 Å². The van der Waals surface area contributed by atoms with Gasteiger partial charge in [-0.25, -0.2) is 0 Å². The van der Waals surface area contributed by atoms with Crippen molar-refractivity contribution in [1.29, 1.82) is 0 Å². The third kappa shape index (κ3) is 2.47. The van der Waals surface area contributed by atoms with Crippen LogP contribution in [0.25, 0.3) is 11.1 Å². The fraction of sp³-hybridized carbons (Fsp3) is 0.0769. The molecule has 0 nitrogen and oxygen atoms in total. The van der Waals surface area contributed by atoms with E-state index in [1.807, 2.05) is 0 Å². The minimum absolute atomic E-state index is 0.0133. The number of hydrogen-bond donors (Lipinski definition) is 0. The van der Waals surface area contributed by atoms with E-state index < -0.39 is 11.7 Å². The van der Waals surface area contributed by atoms with Crippen LogP contribution in [0.1, 0.15) is 5.56 Å². The van der Waals surface area contributed by atoms with Gasteiger partial charge in [-0.05, 0) is 23.8 Å². The highest BCUT2D eigenvalue weighted by molar-refractivity contribution is 6.39. The molecule has 94 valence electrons. The minimum Gasteiger partial charge on any atom is -0.166 e. The standard InChI is InChI=1S/C13H7Cl2F3/c14-10-6-3-7-11(15)12(10)8-4-1-2-5-9(8)13(16,17)18/h1-7H. The van der Waals surface area contributed by atoms with Crippen LogP contribution in [0.3, 0.4) is 0 Å². The van der Waals surface area contributed by atoms with Gasteiger partial charge in [0.05, 0.1) is 5.56 Å². The van der Waals surface area contributed by atoms with E-state index in [1.54, 1.807) is 6.07 Å². The summed E-state index contributed by atoms with van der Waals surface area (Å²) in [6, 6.07) is 9.82. The first-order valence-corrected chi connectivity index (χ1v) is 5.77. The van der Waals surface area contributed by atoms with E-state index in [0.29, 0.717) is 0 Å². The lowest BCUT2D eigenvalue weighted by molar-refractivity contribution is -0.137. The molecule has 0 radical (unpaired) electrons. The molecule has 5 heteroatoms. The fourth-order valence-corrected chi connectivity index (χ4v) is 2.30. The van der Waals surface area contributed by atoms with E-state index in [-0.39, 0.29) is 21.2 Å². The summed E-state index contributed by atoms with van der Waals surface area (Å²) in [7, 11) is 0. The van der Waals surface area contributed by atoms with Crippen LogP contribution in [0.15, 0.2) is 42.5 Å². The Kier molecular flexibility index (Phi) is 3.55. The van der Waals surface area contributed by atoms with Crippen molar-refractivity contribution in [1.82, 2.24) is 0 Å². The summed E-state index contributed by atoms with van der Waals surface area (Å²) in [6.45, 7) is 0. The van der Waals surface area contributed by atoms with Crippen molar-refractivity contribution in [2.45, 2.75) is 6.18 Å². The topological polar surface area (TPSA) is 0 Å². The molecule has 2 rings (SSSR count). The molecule has 0 bridgehead atoms. The Bertz CT molecular complexity index is 556. The van der Waals surface area contributed by atoms with Gasteiger partial charge in [0.1, 0.15) is 0 Å². The van der Waals surface area contributed by atoms with E-state index in [2.05, 4.69) is 0 Å². The van der Waals surface area contributed by atoms with E-state index in [4.69, 9.17) is 23.2 Å². The van der Waals surface area contributed by atoms with Crippen LogP contribution in [0.2, 0.25) is 10.0 Å². The third-order valence-corrected chi connectivity index (χ3v) is 3.09. The van der Waals surface area contributed by atoms with Gasteiger partial charge in [-0.2, -0.15) is 13.2 Å². The Morgan fingerprint density at radius 2 is 1.33 bits per heavy atom. The van der Waals surface area contributed by atoms with Gasteiger partial charge in [0.15, 0.2) is 0 Å². The summed E-state index contributed by atoms with van der Waals surface area (Å²) in [4.78, 5) is 0. The predicted molar refractivity (Wildman–Crippen MR) is 66.9 cm³/mol. The van der Waals surface area contributed by atoms with Gasteiger partial charge < -0.3 is 0 Å². The molecule has 0 unspecified atom stereocenters. The molecule has 2 aromatic carbocycles. The van der Waals surface area contributed by atoms with Gasteiger partial charge in [-0.15, -0.1) is 0 Å². The van der Waals surface area contributed by atoms with Crippen LogP contribution in [0, 0.1) is 0 Å². The van der Waals surface area contributed by atoms with Gasteiger partial charge in [-0.3, -0.25) is 0 Å². The molecule has 18 heavy (non-hydrogen) atoms. The van der Waals surface area contributed by atoms with Gasteiger partial charge in [0.2, 0.25) is 0 Å². The Balaban J connectivity index is 2.73. The van der Waals surface area contributed by atoms with Crippen molar-refractivity contribution >= 4 is 23.2 Å². The quantitative estimate of drug-likeness (QED) is 0.634. The van der Waals surface area contributed by atoms with Crippen LogP contribution < -0.4 is 0 Å². The lowest BCUT2D eigenvalue weighted by Gasteiger charge is -2.14. The Morgan fingerprint density at radius 3 is 1.89 bits per heavy atom. The Labute approximate surface area is 112 Å². The first kappa shape index (κ1) is 13.2. The molecule has 0 aliphatic carbocycles. The second-order valence-corrected chi connectivity index (χ2v) is 4.45. The molecule has 0 aliphatic rings. The van der Waals surface area contributed by atoms with Crippen LogP contribution in [-0.4, -0.2) is 0 Å². The van der Waals surface area contributed by atoms with Crippen molar-refractivity contribution in [3.05, 3.63) is 58.1 Å². The Hall–Kier alpha value is -1.19. The van der Waals surface area contributed by atoms with Crippen LogP contribution >= 0.6 is 23.2 Å². The maximum absolute atomic E-state index is 12.9. The van der Waals surface area contributed by atoms with Crippen molar-refractivity contribution < 1.29 is 13.2 Å². The molecule has 0 saturated carbocycles. The summed E-state index contributed by atoms with van der Waals surface area (Å²) in [6.07, 6.45) is -4.45. The lowest BCUT2D eigenvalue weighted by Crippen LogP contribution is -2.07. The number of halogens is 5. The second kappa shape index (κ2) is 4.82. The smallest absolute Gasteiger partial charge is 0.166 e. The average molecular weight is 291 g/mol. The number of rotatable bonds is 1. The van der Waals surface area contributed by atoms with Crippen molar-refractivity contribution in [3.8, 4) is 11.1 Å². The number of alkyl halides is 3. The van der Waals surface area contributed by atoms with Crippen molar-refractivity contribution in [2.75, 3.05) is 0 Å². The third-order valence-electron chi connectivity index (χ3n) is 2.46. The zero-order valence-corrected chi connectivity index (χ0v) is 10.4. The van der Waals surface area contributed by atoms with Crippen molar-refractivity contribution in [3.63, 3.8) is 0 Å².